The van der Waals surface area contributed by atoms with Crippen LogP contribution in [0, 0.1) is 23.7 Å². The summed E-state index contributed by atoms with van der Waals surface area (Å²) in [6.45, 7) is 3.41. The fourth-order valence-electron chi connectivity index (χ4n) is 5.31. The Hall–Kier alpha value is -3.54. The minimum atomic E-state index is -4.68. The minimum Gasteiger partial charge on any atom is -0.359 e. The normalized spacial score (nSPS) is 19.3. The molecule has 2 fully saturated rings. The number of benzene rings is 2. The van der Waals surface area contributed by atoms with Crippen LogP contribution in [0.25, 0.3) is 0 Å². The molecule has 2 aliphatic heterocycles. The number of nitriles is 1. The van der Waals surface area contributed by atoms with Crippen LogP contribution in [0.15, 0.2) is 42.5 Å². The number of rotatable bonds is 3. The standard InChI is InChI=1S/C27H29F3N4O2/c1-18-4-6-19(7-5-18)24(35)33-12-10-26(11-13-33)15-23(25(36)32(2)3)34(17-26)21-9-8-20(16-31)22(14-21)27(28,29)30/h4-9,14,23H,10-13,15,17H2,1-3H3. The molecule has 6 nitrogen and oxygen atoms in total. The predicted molar refractivity (Wildman–Crippen MR) is 129 cm³/mol. The van der Waals surface area contributed by atoms with Gasteiger partial charge in [-0.2, -0.15) is 18.4 Å². The van der Waals surface area contributed by atoms with Crippen molar-refractivity contribution in [2.24, 2.45) is 5.41 Å². The number of carbonyl (C=O) groups excluding carboxylic acids is 2. The zero-order chi connectivity index (χ0) is 26.3. The van der Waals surface area contributed by atoms with Crippen molar-refractivity contribution < 1.29 is 22.8 Å². The van der Waals surface area contributed by atoms with Gasteiger partial charge in [-0.05, 0) is 61.9 Å². The highest BCUT2D eigenvalue weighted by Gasteiger charge is 2.49. The van der Waals surface area contributed by atoms with Crippen LogP contribution < -0.4 is 4.90 Å². The molecule has 0 radical (unpaired) electrons. The topological polar surface area (TPSA) is 67.7 Å². The van der Waals surface area contributed by atoms with Gasteiger partial charge in [0.15, 0.2) is 0 Å². The third-order valence-electron chi connectivity index (χ3n) is 7.40. The lowest BCUT2D eigenvalue weighted by Gasteiger charge is -2.39. The Morgan fingerprint density at radius 3 is 2.28 bits per heavy atom. The summed E-state index contributed by atoms with van der Waals surface area (Å²) in [5.41, 5.74) is 0.228. The number of likely N-dealkylation sites (tertiary alicyclic amines) is 1. The smallest absolute Gasteiger partial charge is 0.359 e. The van der Waals surface area contributed by atoms with Crippen LogP contribution in [0.4, 0.5) is 18.9 Å². The summed E-state index contributed by atoms with van der Waals surface area (Å²) >= 11 is 0. The summed E-state index contributed by atoms with van der Waals surface area (Å²) in [4.78, 5) is 31.1. The van der Waals surface area contributed by atoms with Crippen molar-refractivity contribution in [1.82, 2.24) is 9.80 Å². The fraction of sp³-hybridized carbons (Fsp3) is 0.444. The number of anilines is 1. The second-order valence-electron chi connectivity index (χ2n) is 10.1. The third-order valence-corrected chi connectivity index (χ3v) is 7.40. The Bertz CT molecular complexity index is 1190. The highest BCUT2D eigenvalue weighted by atomic mass is 19.4. The number of hydrogen-bond acceptors (Lipinski definition) is 4. The molecule has 1 unspecified atom stereocenters. The van der Waals surface area contributed by atoms with Crippen LogP contribution in [0.2, 0.25) is 0 Å². The van der Waals surface area contributed by atoms with E-state index in [0.717, 1.165) is 11.6 Å². The van der Waals surface area contributed by atoms with Crippen LogP contribution in [0.5, 0.6) is 0 Å². The van der Waals surface area contributed by atoms with E-state index < -0.39 is 23.3 Å². The number of amides is 2. The number of halogens is 3. The SMILES string of the molecule is Cc1ccc(C(=O)N2CCC3(CC2)CC(C(=O)N(C)C)N(c2ccc(C#N)c(C(F)(F)F)c2)C3)cc1. The highest BCUT2D eigenvalue weighted by Crippen LogP contribution is 2.46. The zero-order valence-electron chi connectivity index (χ0n) is 20.6. The molecule has 2 amide bonds. The Morgan fingerprint density at radius 2 is 1.72 bits per heavy atom. The summed E-state index contributed by atoms with van der Waals surface area (Å²) < 4.78 is 40.9. The zero-order valence-corrected chi connectivity index (χ0v) is 20.6. The average Bonchev–Trinajstić information content (AvgIpc) is 3.21. The van der Waals surface area contributed by atoms with Gasteiger partial charge >= 0.3 is 6.18 Å². The van der Waals surface area contributed by atoms with E-state index in [2.05, 4.69) is 0 Å². The van der Waals surface area contributed by atoms with E-state index in [0.29, 0.717) is 44.5 Å². The largest absolute Gasteiger partial charge is 0.417 e. The van der Waals surface area contributed by atoms with Crippen molar-refractivity contribution in [2.75, 3.05) is 38.6 Å². The van der Waals surface area contributed by atoms with Gasteiger partial charge in [-0.1, -0.05) is 17.7 Å². The van der Waals surface area contributed by atoms with Crippen LogP contribution in [-0.4, -0.2) is 61.4 Å². The molecule has 36 heavy (non-hydrogen) atoms. The van der Waals surface area contributed by atoms with Gasteiger partial charge in [-0.3, -0.25) is 9.59 Å². The van der Waals surface area contributed by atoms with Gasteiger partial charge in [-0.25, -0.2) is 0 Å². The number of aryl methyl sites for hydroxylation is 1. The van der Waals surface area contributed by atoms with Crippen LogP contribution in [0.3, 0.4) is 0 Å². The summed E-state index contributed by atoms with van der Waals surface area (Å²) in [7, 11) is 3.27. The molecular formula is C27H29F3N4O2. The number of hydrogen-bond donors (Lipinski definition) is 0. The molecule has 190 valence electrons. The summed E-state index contributed by atoms with van der Waals surface area (Å²) in [5, 5.41) is 9.16. The maximum absolute atomic E-state index is 13.6. The fourth-order valence-corrected chi connectivity index (χ4v) is 5.31. The second kappa shape index (κ2) is 9.49. The Balaban J connectivity index is 1.58. The number of piperidine rings is 1. The number of carbonyl (C=O) groups is 2. The lowest BCUT2D eigenvalue weighted by molar-refractivity contribution is -0.137. The van der Waals surface area contributed by atoms with E-state index in [4.69, 9.17) is 5.26 Å². The van der Waals surface area contributed by atoms with E-state index in [1.54, 1.807) is 25.1 Å². The number of likely N-dealkylation sites (N-methyl/N-ethyl adjacent to an activating group) is 1. The van der Waals surface area contributed by atoms with Gasteiger partial charge < -0.3 is 14.7 Å². The lowest BCUT2D eigenvalue weighted by atomic mass is 9.76. The summed E-state index contributed by atoms with van der Waals surface area (Å²) in [5.74, 6) is -0.217. The maximum Gasteiger partial charge on any atom is 0.417 e. The molecule has 4 rings (SSSR count). The molecule has 1 spiro atoms. The summed E-state index contributed by atoms with van der Waals surface area (Å²) in [6, 6.07) is 12.1. The first-order valence-electron chi connectivity index (χ1n) is 11.9. The van der Waals surface area contributed by atoms with Crippen molar-refractivity contribution in [2.45, 2.75) is 38.4 Å². The first-order valence-corrected chi connectivity index (χ1v) is 11.9. The van der Waals surface area contributed by atoms with Gasteiger partial charge in [0.2, 0.25) is 5.91 Å². The van der Waals surface area contributed by atoms with E-state index in [1.165, 1.54) is 17.0 Å². The van der Waals surface area contributed by atoms with Gasteiger partial charge in [0.05, 0.1) is 17.2 Å². The predicted octanol–water partition coefficient (Wildman–Crippen LogP) is 4.48. The maximum atomic E-state index is 13.6. The Kier molecular flexibility index (Phi) is 6.74. The van der Waals surface area contributed by atoms with Gasteiger partial charge in [0.25, 0.3) is 5.91 Å². The molecular weight excluding hydrogens is 469 g/mol. The molecule has 0 N–H and O–H groups in total. The van der Waals surface area contributed by atoms with Crippen molar-refractivity contribution in [3.8, 4) is 6.07 Å². The molecule has 0 bridgehead atoms. The molecule has 2 aromatic rings. The number of alkyl halides is 3. The molecule has 0 aromatic heterocycles. The number of nitrogens with zero attached hydrogens (tertiary/aromatic N) is 4. The Morgan fingerprint density at radius 1 is 1.08 bits per heavy atom. The molecule has 2 saturated heterocycles. The molecule has 9 heteroatoms. The van der Waals surface area contributed by atoms with E-state index in [-0.39, 0.29) is 22.9 Å². The molecule has 0 saturated carbocycles. The van der Waals surface area contributed by atoms with Gasteiger partial charge in [0, 0.05) is 45.0 Å². The van der Waals surface area contributed by atoms with E-state index in [9.17, 15) is 22.8 Å². The molecule has 0 aliphatic carbocycles. The molecule has 2 aromatic carbocycles. The van der Waals surface area contributed by atoms with Crippen molar-refractivity contribution >= 4 is 17.5 Å². The molecule has 1 atom stereocenters. The van der Waals surface area contributed by atoms with Gasteiger partial charge in [-0.15, -0.1) is 0 Å². The van der Waals surface area contributed by atoms with Crippen LogP contribution in [-0.2, 0) is 11.0 Å². The van der Waals surface area contributed by atoms with Crippen molar-refractivity contribution in [1.29, 1.82) is 5.26 Å². The van der Waals surface area contributed by atoms with E-state index >= 15 is 0 Å². The first-order chi connectivity index (χ1) is 16.9. The van der Waals surface area contributed by atoms with Gasteiger partial charge in [0.1, 0.15) is 6.04 Å². The summed E-state index contributed by atoms with van der Waals surface area (Å²) in [6.07, 6.45) is -2.87. The Labute approximate surface area is 208 Å². The monoisotopic (exact) mass is 498 g/mol. The van der Waals surface area contributed by atoms with Crippen molar-refractivity contribution in [3.05, 3.63) is 64.7 Å². The van der Waals surface area contributed by atoms with Crippen molar-refractivity contribution in [3.63, 3.8) is 0 Å². The average molecular weight is 499 g/mol. The highest BCUT2D eigenvalue weighted by molar-refractivity contribution is 5.94. The molecule has 2 aliphatic rings. The first kappa shape index (κ1) is 25.5. The third kappa shape index (κ3) is 4.90. The minimum absolute atomic E-state index is 0.0393. The van der Waals surface area contributed by atoms with Crippen LogP contribution >= 0.6 is 0 Å². The molecule has 2 heterocycles. The quantitative estimate of drug-likeness (QED) is 0.626. The second-order valence-corrected chi connectivity index (χ2v) is 10.1. The van der Waals surface area contributed by atoms with E-state index in [1.807, 2.05) is 36.1 Å². The lowest BCUT2D eigenvalue weighted by Crippen LogP contribution is -2.44. The van der Waals surface area contributed by atoms with Crippen LogP contribution in [0.1, 0.15) is 46.3 Å².